The zero-order chi connectivity index (χ0) is 11.5. The summed E-state index contributed by atoms with van der Waals surface area (Å²) < 4.78 is 7.13. The zero-order valence-corrected chi connectivity index (χ0v) is 9.21. The van der Waals surface area contributed by atoms with Gasteiger partial charge in [0.15, 0.2) is 0 Å². The maximum absolute atomic E-state index is 5.50. The number of hydrogen-bond acceptors (Lipinski definition) is 5. The second kappa shape index (κ2) is 4.28. The topological polar surface area (TPSA) is 78.9 Å². The molecule has 84 valence electrons. The number of nitrogens with two attached hydrogens (primary N) is 1. The van der Waals surface area contributed by atoms with Crippen molar-refractivity contribution in [1.29, 1.82) is 0 Å². The smallest absolute Gasteiger partial charge is 0.323 e. The molecule has 0 aliphatic heterocycles. The van der Waals surface area contributed by atoms with E-state index in [1.807, 2.05) is 13.0 Å². The first-order valence-corrected chi connectivity index (χ1v) is 4.89. The summed E-state index contributed by atoms with van der Waals surface area (Å²) >= 11 is 0. The number of aryl methyl sites for hydroxylation is 2. The predicted octanol–water partition coefficient (Wildman–Crippen LogP) is 0.770. The lowest BCUT2D eigenvalue weighted by atomic mass is 10.4. The Bertz CT molecular complexity index is 494. The molecule has 0 amide bonds. The SMILES string of the molecule is Cc1cc(Oc2nccc(CN)n2)n(C)n1. The molecule has 2 rings (SSSR count). The van der Waals surface area contributed by atoms with Crippen molar-refractivity contribution in [3.63, 3.8) is 0 Å². The van der Waals surface area contributed by atoms with Crippen LogP contribution in [-0.4, -0.2) is 19.7 Å². The molecule has 2 N–H and O–H groups in total. The Hall–Kier alpha value is -1.95. The van der Waals surface area contributed by atoms with Crippen LogP contribution in [0.4, 0.5) is 0 Å². The summed E-state index contributed by atoms with van der Waals surface area (Å²) in [5.41, 5.74) is 7.10. The Morgan fingerprint density at radius 2 is 2.31 bits per heavy atom. The second-order valence-corrected chi connectivity index (χ2v) is 3.38. The van der Waals surface area contributed by atoms with Crippen molar-refractivity contribution in [2.75, 3.05) is 0 Å². The number of hydrogen-bond donors (Lipinski definition) is 1. The standard InChI is InChI=1S/C10H13N5O/c1-7-5-9(15(2)14-7)16-10-12-4-3-8(6-11)13-10/h3-5H,6,11H2,1-2H3. The third-order valence-corrected chi connectivity index (χ3v) is 2.06. The molecule has 0 aromatic carbocycles. The average Bonchev–Trinajstić information content (AvgIpc) is 2.58. The van der Waals surface area contributed by atoms with Gasteiger partial charge in [-0.25, -0.2) is 9.67 Å². The number of rotatable bonds is 3. The van der Waals surface area contributed by atoms with Crippen molar-refractivity contribution < 1.29 is 4.74 Å². The van der Waals surface area contributed by atoms with Gasteiger partial charge in [0.05, 0.1) is 11.4 Å². The van der Waals surface area contributed by atoms with Gasteiger partial charge in [-0.2, -0.15) is 10.1 Å². The molecule has 6 heteroatoms. The first kappa shape index (κ1) is 10.6. The predicted molar refractivity (Wildman–Crippen MR) is 57.9 cm³/mol. The minimum absolute atomic E-state index is 0.283. The van der Waals surface area contributed by atoms with Crippen LogP contribution in [0.15, 0.2) is 18.3 Å². The molecule has 2 aromatic heterocycles. The molecule has 6 nitrogen and oxygen atoms in total. The summed E-state index contributed by atoms with van der Waals surface area (Å²) in [7, 11) is 1.80. The largest absolute Gasteiger partial charge is 0.405 e. The highest BCUT2D eigenvalue weighted by Crippen LogP contribution is 2.17. The summed E-state index contributed by atoms with van der Waals surface area (Å²) in [4.78, 5) is 8.14. The third-order valence-electron chi connectivity index (χ3n) is 2.06. The quantitative estimate of drug-likeness (QED) is 0.824. The van der Waals surface area contributed by atoms with Crippen LogP contribution in [-0.2, 0) is 13.6 Å². The van der Waals surface area contributed by atoms with Gasteiger partial charge in [-0.05, 0) is 13.0 Å². The molecule has 0 unspecified atom stereocenters. The molecule has 2 aromatic rings. The van der Waals surface area contributed by atoms with Crippen LogP contribution in [0.1, 0.15) is 11.4 Å². The van der Waals surface area contributed by atoms with Crippen LogP contribution in [0.5, 0.6) is 11.9 Å². The molecule has 0 saturated carbocycles. The van der Waals surface area contributed by atoms with Crippen molar-refractivity contribution in [3.8, 4) is 11.9 Å². The van der Waals surface area contributed by atoms with Crippen LogP contribution in [0.25, 0.3) is 0 Å². The van der Waals surface area contributed by atoms with Crippen molar-refractivity contribution in [3.05, 3.63) is 29.7 Å². The first-order chi connectivity index (χ1) is 7.69. The number of ether oxygens (including phenoxy) is 1. The summed E-state index contributed by atoms with van der Waals surface area (Å²) in [6.45, 7) is 2.26. The highest BCUT2D eigenvalue weighted by Gasteiger charge is 2.06. The van der Waals surface area contributed by atoms with Crippen molar-refractivity contribution in [2.45, 2.75) is 13.5 Å². The van der Waals surface area contributed by atoms with E-state index in [9.17, 15) is 0 Å². The molecule has 0 atom stereocenters. The van der Waals surface area contributed by atoms with Crippen LogP contribution in [0.3, 0.4) is 0 Å². The molecule has 2 heterocycles. The van der Waals surface area contributed by atoms with E-state index in [1.54, 1.807) is 24.0 Å². The summed E-state index contributed by atoms with van der Waals surface area (Å²) in [5.74, 6) is 0.603. The lowest BCUT2D eigenvalue weighted by molar-refractivity contribution is 0.397. The second-order valence-electron chi connectivity index (χ2n) is 3.38. The fraction of sp³-hybridized carbons (Fsp3) is 0.300. The van der Waals surface area contributed by atoms with E-state index >= 15 is 0 Å². The fourth-order valence-corrected chi connectivity index (χ4v) is 1.31. The number of aromatic nitrogens is 4. The van der Waals surface area contributed by atoms with E-state index in [0.29, 0.717) is 12.4 Å². The van der Waals surface area contributed by atoms with Gasteiger partial charge in [-0.1, -0.05) is 0 Å². The van der Waals surface area contributed by atoms with Gasteiger partial charge in [-0.15, -0.1) is 0 Å². The van der Waals surface area contributed by atoms with E-state index in [4.69, 9.17) is 10.5 Å². The van der Waals surface area contributed by atoms with Crippen LogP contribution in [0, 0.1) is 6.92 Å². The molecule has 0 aliphatic rings. The Kier molecular flexibility index (Phi) is 2.82. The highest BCUT2D eigenvalue weighted by atomic mass is 16.5. The minimum Gasteiger partial charge on any atom is -0.405 e. The zero-order valence-electron chi connectivity index (χ0n) is 9.21. The fourth-order valence-electron chi connectivity index (χ4n) is 1.31. The molecular formula is C10H13N5O. The van der Waals surface area contributed by atoms with E-state index in [-0.39, 0.29) is 6.01 Å². The van der Waals surface area contributed by atoms with Gasteiger partial charge in [0.25, 0.3) is 0 Å². The van der Waals surface area contributed by atoms with E-state index in [2.05, 4.69) is 15.1 Å². The monoisotopic (exact) mass is 219 g/mol. The normalized spacial score (nSPS) is 10.4. The van der Waals surface area contributed by atoms with E-state index in [0.717, 1.165) is 11.4 Å². The molecule has 0 spiro atoms. The molecule has 16 heavy (non-hydrogen) atoms. The lowest BCUT2D eigenvalue weighted by Gasteiger charge is -2.03. The van der Waals surface area contributed by atoms with E-state index < -0.39 is 0 Å². The minimum atomic E-state index is 0.283. The van der Waals surface area contributed by atoms with Crippen LogP contribution < -0.4 is 10.5 Å². The average molecular weight is 219 g/mol. The van der Waals surface area contributed by atoms with Crippen molar-refractivity contribution in [1.82, 2.24) is 19.7 Å². The third kappa shape index (κ3) is 2.17. The van der Waals surface area contributed by atoms with Gasteiger partial charge in [0, 0.05) is 25.9 Å². The summed E-state index contributed by atoms with van der Waals surface area (Å²) in [5, 5.41) is 4.16. The van der Waals surface area contributed by atoms with E-state index in [1.165, 1.54) is 0 Å². The Labute approximate surface area is 93.1 Å². The Balaban J connectivity index is 2.23. The van der Waals surface area contributed by atoms with Crippen LogP contribution >= 0.6 is 0 Å². The maximum Gasteiger partial charge on any atom is 0.323 e. The molecule has 0 bridgehead atoms. The highest BCUT2D eigenvalue weighted by molar-refractivity contribution is 5.18. The van der Waals surface area contributed by atoms with Gasteiger partial charge < -0.3 is 10.5 Å². The molecule has 0 radical (unpaired) electrons. The molecule has 0 aliphatic carbocycles. The summed E-state index contributed by atoms with van der Waals surface area (Å²) in [6, 6.07) is 3.85. The van der Waals surface area contributed by atoms with Gasteiger partial charge in [-0.3, -0.25) is 0 Å². The maximum atomic E-state index is 5.50. The van der Waals surface area contributed by atoms with Gasteiger partial charge in [0.1, 0.15) is 0 Å². The van der Waals surface area contributed by atoms with Crippen molar-refractivity contribution >= 4 is 0 Å². The van der Waals surface area contributed by atoms with Crippen LogP contribution in [0.2, 0.25) is 0 Å². The Morgan fingerprint density at radius 3 is 2.94 bits per heavy atom. The molecular weight excluding hydrogens is 206 g/mol. The van der Waals surface area contributed by atoms with Crippen molar-refractivity contribution in [2.24, 2.45) is 12.8 Å². The number of nitrogens with zero attached hydrogens (tertiary/aromatic N) is 4. The molecule has 0 saturated heterocycles. The molecule has 0 fully saturated rings. The Morgan fingerprint density at radius 1 is 1.50 bits per heavy atom. The lowest BCUT2D eigenvalue weighted by Crippen LogP contribution is -2.03. The summed E-state index contributed by atoms with van der Waals surface area (Å²) in [6.07, 6.45) is 1.62. The first-order valence-electron chi connectivity index (χ1n) is 4.89. The van der Waals surface area contributed by atoms with Gasteiger partial charge >= 0.3 is 6.01 Å². The van der Waals surface area contributed by atoms with Gasteiger partial charge in [0.2, 0.25) is 5.88 Å².